The van der Waals surface area contributed by atoms with E-state index in [9.17, 15) is 9.90 Å². The highest BCUT2D eigenvalue weighted by Gasteiger charge is 2.15. The molecule has 2 atom stereocenters. The van der Waals surface area contributed by atoms with Crippen molar-refractivity contribution in [3.63, 3.8) is 0 Å². The molecule has 5 heteroatoms. The Bertz CT molecular complexity index is 451. The van der Waals surface area contributed by atoms with Gasteiger partial charge in [-0.2, -0.15) is 0 Å². The van der Waals surface area contributed by atoms with Gasteiger partial charge in [0.05, 0.1) is 7.98 Å². The summed E-state index contributed by atoms with van der Waals surface area (Å²) in [7, 11) is 0. The molecule has 1 aromatic carbocycles. The smallest absolute Gasteiger partial charge is 0.323 e. The minimum Gasteiger partial charge on any atom is -0.504 e. The zero-order chi connectivity index (χ0) is 13.9. The van der Waals surface area contributed by atoms with Crippen molar-refractivity contribution in [3.8, 4) is 11.5 Å². The van der Waals surface area contributed by atoms with E-state index < -0.39 is 24.1 Å². The predicted octanol–water partition coefficient (Wildman–Crippen LogP) is 0.531. The lowest BCUT2D eigenvalue weighted by Gasteiger charge is -2.10. The molecule has 0 saturated carbocycles. The first-order valence-corrected chi connectivity index (χ1v) is 4.71. The molecule has 0 amide bonds. The zero-order valence-corrected chi connectivity index (χ0v) is 8.80. The number of ether oxygens (including phenoxy) is 1. The van der Waals surface area contributed by atoms with Crippen molar-refractivity contribution < 1.29 is 22.5 Å². The quantitative estimate of drug-likeness (QED) is 0.515. The van der Waals surface area contributed by atoms with Gasteiger partial charge in [0, 0.05) is 1.37 Å². The molecule has 0 aliphatic rings. The molecule has 0 aliphatic carbocycles. The maximum atomic E-state index is 11.5. The van der Waals surface area contributed by atoms with E-state index in [1.165, 1.54) is 6.07 Å². The van der Waals surface area contributed by atoms with E-state index in [-0.39, 0.29) is 17.9 Å². The number of phenolic OH excluding ortho intramolecular Hbond substituents is 2. The first kappa shape index (κ1) is 9.47. The van der Waals surface area contributed by atoms with Crippen LogP contribution in [0.15, 0.2) is 18.2 Å². The van der Waals surface area contributed by atoms with Crippen LogP contribution in [0.3, 0.4) is 0 Å². The van der Waals surface area contributed by atoms with Gasteiger partial charge in [-0.25, -0.2) is 0 Å². The van der Waals surface area contributed by atoms with Crippen LogP contribution in [0.2, 0.25) is 0 Å². The summed E-state index contributed by atoms with van der Waals surface area (Å²) in [6.45, 7) is 1.63. The lowest BCUT2D eigenvalue weighted by molar-refractivity contribution is -0.144. The van der Waals surface area contributed by atoms with Crippen LogP contribution in [0.25, 0.3) is 0 Å². The summed E-state index contributed by atoms with van der Waals surface area (Å²) in [5.74, 6) is -1.81. The standard InChI is InChI=1S/C11H15NO4/c1-2-16-11(15)8(12)5-7-3-4-9(13)10(14)6-7/h3-4,6,8,13-14H,2,5,12H2,1H3/t8-/m0/s1/i5D,8D/t5-,8+/m1. The molecule has 0 radical (unpaired) electrons. The summed E-state index contributed by atoms with van der Waals surface area (Å²) in [6.07, 6.45) is -1.44. The van der Waals surface area contributed by atoms with Crippen LogP contribution in [0.1, 0.15) is 15.2 Å². The van der Waals surface area contributed by atoms with Gasteiger partial charge in [0.1, 0.15) is 6.02 Å². The van der Waals surface area contributed by atoms with E-state index >= 15 is 0 Å². The summed E-state index contributed by atoms with van der Waals surface area (Å²) >= 11 is 0. The molecule has 16 heavy (non-hydrogen) atoms. The van der Waals surface area contributed by atoms with Gasteiger partial charge in [0.15, 0.2) is 11.5 Å². The first-order chi connectivity index (χ1) is 8.30. The Hall–Kier alpha value is -1.75. The van der Waals surface area contributed by atoms with Gasteiger partial charge in [-0.1, -0.05) is 6.07 Å². The maximum Gasteiger partial charge on any atom is 0.323 e. The molecule has 5 nitrogen and oxygen atoms in total. The Morgan fingerprint density at radius 2 is 2.31 bits per heavy atom. The molecule has 0 bridgehead atoms. The van der Waals surface area contributed by atoms with Gasteiger partial charge in [-0.3, -0.25) is 4.79 Å². The Balaban J connectivity index is 3.01. The number of hydrogen-bond acceptors (Lipinski definition) is 5. The van der Waals surface area contributed by atoms with Crippen molar-refractivity contribution in [2.24, 2.45) is 5.73 Å². The average molecular weight is 227 g/mol. The molecule has 1 aromatic rings. The third kappa shape index (κ3) is 3.13. The fourth-order valence-electron chi connectivity index (χ4n) is 1.08. The summed E-state index contributed by atoms with van der Waals surface area (Å²) in [5.41, 5.74) is 5.61. The fraction of sp³-hybridized carbons (Fsp3) is 0.364. The predicted molar refractivity (Wildman–Crippen MR) is 58.1 cm³/mol. The lowest BCUT2D eigenvalue weighted by Crippen LogP contribution is -2.34. The average Bonchev–Trinajstić information content (AvgIpc) is 2.32. The van der Waals surface area contributed by atoms with Gasteiger partial charge in [-0.05, 0) is 31.0 Å². The van der Waals surface area contributed by atoms with Gasteiger partial charge >= 0.3 is 5.97 Å². The molecule has 88 valence electrons. The molecule has 0 aromatic heterocycles. The molecular formula is C11H15NO4. The first-order valence-electron chi connectivity index (χ1n) is 5.78. The highest BCUT2D eigenvalue weighted by atomic mass is 16.5. The molecule has 0 aliphatic heterocycles. The monoisotopic (exact) mass is 227 g/mol. The number of carbonyl (C=O) groups excluding carboxylic acids is 1. The molecule has 0 spiro atoms. The van der Waals surface area contributed by atoms with E-state index in [2.05, 4.69) is 4.74 Å². The minimum atomic E-state index is -2.28. The molecular weight excluding hydrogens is 210 g/mol. The number of phenols is 2. The van der Waals surface area contributed by atoms with Crippen LogP contribution < -0.4 is 5.73 Å². The summed E-state index contributed by atoms with van der Waals surface area (Å²) in [5, 5.41) is 18.4. The van der Waals surface area contributed by atoms with Crippen molar-refractivity contribution in [1.82, 2.24) is 0 Å². The van der Waals surface area contributed by atoms with Gasteiger partial charge in [0.2, 0.25) is 0 Å². The number of esters is 1. The number of hydrogen-bond donors (Lipinski definition) is 3. The Labute approximate surface area is 96.3 Å². The number of rotatable bonds is 4. The molecule has 0 unspecified atom stereocenters. The molecule has 1 rings (SSSR count). The van der Waals surface area contributed by atoms with Gasteiger partial charge in [0.25, 0.3) is 0 Å². The van der Waals surface area contributed by atoms with Crippen molar-refractivity contribution >= 4 is 5.97 Å². The maximum absolute atomic E-state index is 11.5. The number of nitrogens with two attached hydrogens (primary N) is 1. The number of carbonyl (C=O) groups is 1. The van der Waals surface area contributed by atoms with Gasteiger partial charge < -0.3 is 20.7 Å². The summed E-state index contributed by atoms with van der Waals surface area (Å²) in [6, 6.07) is 1.28. The van der Waals surface area contributed by atoms with Crippen molar-refractivity contribution in [3.05, 3.63) is 23.8 Å². The van der Waals surface area contributed by atoms with Crippen molar-refractivity contribution in [2.45, 2.75) is 19.3 Å². The van der Waals surface area contributed by atoms with E-state index in [1.807, 2.05) is 0 Å². The van der Waals surface area contributed by atoms with Crippen LogP contribution in [0.4, 0.5) is 0 Å². The minimum absolute atomic E-state index is 0.0597. The number of aromatic hydroxyl groups is 2. The molecule has 4 N–H and O–H groups in total. The Morgan fingerprint density at radius 3 is 2.88 bits per heavy atom. The molecule has 0 fully saturated rings. The summed E-state index contributed by atoms with van der Waals surface area (Å²) < 4.78 is 20.1. The molecule has 0 saturated heterocycles. The van der Waals surface area contributed by atoms with Gasteiger partial charge in [-0.15, -0.1) is 0 Å². The SMILES string of the molecule is [2H][C@H](c1ccc(O)c(O)c1)[C@]([2H])(N)C(=O)OCC. The third-order valence-electron chi connectivity index (χ3n) is 1.83. The van der Waals surface area contributed by atoms with Crippen LogP contribution in [0, 0.1) is 0 Å². The van der Waals surface area contributed by atoms with Crippen LogP contribution >= 0.6 is 0 Å². The van der Waals surface area contributed by atoms with Crippen LogP contribution in [-0.4, -0.2) is 28.8 Å². The second-order valence-corrected chi connectivity index (χ2v) is 3.07. The highest BCUT2D eigenvalue weighted by molar-refractivity contribution is 5.75. The third-order valence-corrected chi connectivity index (χ3v) is 1.83. The van der Waals surface area contributed by atoms with Crippen LogP contribution in [-0.2, 0) is 15.9 Å². The van der Waals surface area contributed by atoms with Crippen molar-refractivity contribution in [2.75, 3.05) is 6.61 Å². The lowest BCUT2D eigenvalue weighted by atomic mass is 10.1. The Kier molecular flexibility index (Phi) is 3.18. The second kappa shape index (κ2) is 5.37. The van der Waals surface area contributed by atoms with E-state index in [1.54, 1.807) is 6.92 Å². The molecule has 0 heterocycles. The number of benzene rings is 1. The Morgan fingerprint density at radius 1 is 1.62 bits per heavy atom. The van der Waals surface area contributed by atoms with E-state index in [0.717, 1.165) is 12.1 Å². The van der Waals surface area contributed by atoms with E-state index in [4.69, 9.17) is 13.6 Å². The largest absolute Gasteiger partial charge is 0.504 e. The van der Waals surface area contributed by atoms with Crippen LogP contribution in [0.5, 0.6) is 11.5 Å². The normalized spacial score (nSPS) is 17.9. The second-order valence-electron chi connectivity index (χ2n) is 3.07. The fourth-order valence-corrected chi connectivity index (χ4v) is 1.08. The summed E-state index contributed by atoms with van der Waals surface area (Å²) in [4.78, 5) is 11.5. The highest BCUT2D eigenvalue weighted by Crippen LogP contribution is 2.25. The van der Waals surface area contributed by atoms with Crippen molar-refractivity contribution in [1.29, 1.82) is 0 Å². The zero-order valence-electron chi connectivity index (χ0n) is 10.8. The topological polar surface area (TPSA) is 92.8 Å². The van der Waals surface area contributed by atoms with E-state index in [0.29, 0.717) is 0 Å².